The van der Waals surface area contributed by atoms with Gasteiger partial charge in [-0.1, -0.05) is 25.7 Å². The smallest absolute Gasteiger partial charge is 0.0462 e. The van der Waals surface area contributed by atoms with E-state index in [1.165, 1.54) is 51.4 Å². The first-order valence-electron chi connectivity index (χ1n) is 7.65. The van der Waals surface area contributed by atoms with Gasteiger partial charge in [0.25, 0.3) is 0 Å². The second kappa shape index (κ2) is 6.75. The highest BCUT2D eigenvalue weighted by molar-refractivity contribution is 4.82. The summed E-state index contributed by atoms with van der Waals surface area (Å²) in [5, 5.41) is 13.1. The van der Waals surface area contributed by atoms with Gasteiger partial charge < -0.3 is 10.4 Å². The molecule has 0 radical (unpaired) electrons. The molecule has 0 aliphatic heterocycles. The molecular weight excluding hydrogens is 210 g/mol. The summed E-state index contributed by atoms with van der Waals surface area (Å²) in [6, 6.07) is 0.676. The number of aliphatic hydroxyl groups excluding tert-OH is 1. The van der Waals surface area contributed by atoms with Crippen LogP contribution in [-0.2, 0) is 0 Å². The normalized spacial score (nSPS) is 32.8. The molecule has 0 aromatic heterocycles. The van der Waals surface area contributed by atoms with Gasteiger partial charge in [-0.2, -0.15) is 0 Å². The highest BCUT2D eigenvalue weighted by Crippen LogP contribution is 2.31. The minimum Gasteiger partial charge on any atom is -0.396 e. The third-order valence-electron chi connectivity index (χ3n) is 5.11. The predicted molar refractivity (Wildman–Crippen MR) is 72.0 cm³/mol. The van der Waals surface area contributed by atoms with Gasteiger partial charge in [-0.25, -0.2) is 0 Å². The molecule has 100 valence electrons. The van der Waals surface area contributed by atoms with E-state index < -0.39 is 0 Å². The lowest BCUT2D eigenvalue weighted by molar-refractivity contribution is 0.185. The summed E-state index contributed by atoms with van der Waals surface area (Å²) in [4.78, 5) is 0. The van der Waals surface area contributed by atoms with Crippen molar-refractivity contribution in [3.8, 4) is 0 Å². The van der Waals surface area contributed by atoms with E-state index in [2.05, 4.69) is 12.2 Å². The van der Waals surface area contributed by atoms with Crippen molar-refractivity contribution in [3.05, 3.63) is 0 Å². The molecule has 2 heteroatoms. The molecular formula is C15H29NO. The Kier molecular flexibility index (Phi) is 5.30. The molecule has 2 N–H and O–H groups in total. The molecule has 2 aliphatic carbocycles. The van der Waals surface area contributed by atoms with Crippen LogP contribution in [0.25, 0.3) is 0 Å². The fraction of sp³-hybridized carbons (Fsp3) is 1.00. The average Bonchev–Trinajstić information content (AvgIpc) is 2.84. The summed E-state index contributed by atoms with van der Waals surface area (Å²) < 4.78 is 0. The number of hydrogen-bond donors (Lipinski definition) is 2. The SMILES string of the molecule is CC(NCC1CCCC1CO)C1CCCCC1. The van der Waals surface area contributed by atoms with E-state index in [4.69, 9.17) is 0 Å². The van der Waals surface area contributed by atoms with E-state index in [9.17, 15) is 5.11 Å². The monoisotopic (exact) mass is 239 g/mol. The fourth-order valence-corrected chi connectivity index (χ4v) is 3.76. The van der Waals surface area contributed by atoms with Gasteiger partial charge in [0.15, 0.2) is 0 Å². The van der Waals surface area contributed by atoms with E-state index >= 15 is 0 Å². The lowest BCUT2D eigenvalue weighted by atomic mass is 9.84. The summed E-state index contributed by atoms with van der Waals surface area (Å²) in [6.45, 7) is 3.88. The Bertz CT molecular complexity index is 213. The van der Waals surface area contributed by atoms with Crippen LogP contribution >= 0.6 is 0 Å². The van der Waals surface area contributed by atoms with Crippen LogP contribution in [0.1, 0.15) is 58.3 Å². The number of aliphatic hydroxyl groups is 1. The first-order chi connectivity index (χ1) is 8.31. The van der Waals surface area contributed by atoms with E-state index in [1.807, 2.05) is 0 Å². The summed E-state index contributed by atoms with van der Waals surface area (Å²) in [7, 11) is 0. The topological polar surface area (TPSA) is 32.3 Å². The Morgan fingerprint density at radius 2 is 1.71 bits per heavy atom. The second-order valence-electron chi connectivity index (χ2n) is 6.23. The quantitative estimate of drug-likeness (QED) is 0.773. The van der Waals surface area contributed by atoms with Crippen LogP contribution in [0, 0.1) is 17.8 Å². The second-order valence-corrected chi connectivity index (χ2v) is 6.23. The largest absolute Gasteiger partial charge is 0.396 e. The molecule has 2 nitrogen and oxygen atoms in total. The summed E-state index contributed by atoms with van der Waals surface area (Å²) in [6.07, 6.45) is 11.0. The Morgan fingerprint density at radius 3 is 2.41 bits per heavy atom. The van der Waals surface area contributed by atoms with Crippen molar-refractivity contribution in [2.75, 3.05) is 13.2 Å². The summed E-state index contributed by atoms with van der Waals surface area (Å²) >= 11 is 0. The van der Waals surface area contributed by atoms with Gasteiger partial charge in [0.2, 0.25) is 0 Å². The van der Waals surface area contributed by atoms with Crippen molar-refractivity contribution in [2.24, 2.45) is 17.8 Å². The molecule has 0 spiro atoms. The van der Waals surface area contributed by atoms with E-state index in [0.29, 0.717) is 18.6 Å². The van der Waals surface area contributed by atoms with Crippen molar-refractivity contribution in [1.82, 2.24) is 5.32 Å². The Hall–Kier alpha value is -0.0800. The third-order valence-corrected chi connectivity index (χ3v) is 5.11. The van der Waals surface area contributed by atoms with Gasteiger partial charge in [0.05, 0.1) is 0 Å². The van der Waals surface area contributed by atoms with Crippen molar-refractivity contribution in [1.29, 1.82) is 0 Å². The molecule has 0 bridgehead atoms. The molecule has 0 heterocycles. The van der Waals surface area contributed by atoms with Crippen LogP contribution in [0.5, 0.6) is 0 Å². The molecule has 0 aromatic carbocycles. The number of rotatable bonds is 5. The molecule has 2 rings (SSSR count). The van der Waals surface area contributed by atoms with E-state index in [1.54, 1.807) is 0 Å². The third kappa shape index (κ3) is 3.69. The first-order valence-corrected chi connectivity index (χ1v) is 7.65. The summed E-state index contributed by atoms with van der Waals surface area (Å²) in [5.41, 5.74) is 0. The van der Waals surface area contributed by atoms with Crippen molar-refractivity contribution >= 4 is 0 Å². The lowest BCUT2D eigenvalue weighted by Gasteiger charge is -2.30. The van der Waals surface area contributed by atoms with Crippen molar-refractivity contribution < 1.29 is 5.11 Å². The highest BCUT2D eigenvalue weighted by atomic mass is 16.3. The van der Waals surface area contributed by atoms with Gasteiger partial charge in [-0.3, -0.25) is 0 Å². The van der Waals surface area contributed by atoms with Crippen LogP contribution in [-0.4, -0.2) is 24.3 Å². The molecule has 2 fully saturated rings. The predicted octanol–water partition coefficient (Wildman–Crippen LogP) is 2.95. The average molecular weight is 239 g/mol. The van der Waals surface area contributed by atoms with E-state index in [-0.39, 0.29) is 0 Å². The maximum atomic E-state index is 9.32. The fourth-order valence-electron chi connectivity index (χ4n) is 3.76. The Balaban J connectivity index is 1.69. The maximum Gasteiger partial charge on any atom is 0.0462 e. The highest BCUT2D eigenvalue weighted by Gasteiger charge is 2.27. The minimum absolute atomic E-state index is 0.393. The van der Waals surface area contributed by atoms with Crippen LogP contribution in [0.4, 0.5) is 0 Å². The van der Waals surface area contributed by atoms with E-state index in [0.717, 1.165) is 18.4 Å². The molecule has 3 unspecified atom stereocenters. The minimum atomic E-state index is 0.393. The Morgan fingerprint density at radius 1 is 1.00 bits per heavy atom. The van der Waals surface area contributed by atoms with Gasteiger partial charge in [-0.15, -0.1) is 0 Å². The molecule has 17 heavy (non-hydrogen) atoms. The molecule has 2 saturated carbocycles. The van der Waals surface area contributed by atoms with Crippen molar-refractivity contribution in [3.63, 3.8) is 0 Å². The molecule has 2 aliphatic rings. The first kappa shape index (κ1) is 13.4. The molecule has 0 aromatic rings. The van der Waals surface area contributed by atoms with Gasteiger partial charge in [0.1, 0.15) is 0 Å². The van der Waals surface area contributed by atoms with Crippen LogP contribution < -0.4 is 5.32 Å². The maximum absolute atomic E-state index is 9.32. The Labute approximate surface area is 106 Å². The zero-order valence-electron chi connectivity index (χ0n) is 11.3. The molecule has 0 amide bonds. The number of nitrogens with one attached hydrogen (secondary N) is 1. The van der Waals surface area contributed by atoms with Crippen molar-refractivity contribution in [2.45, 2.75) is 64.3 Å². The van der Waals surface area contributed by atoms with Crippen LogP contribution in [0.3, 0.4) is 0 Å². The number of hydrogen-bond acceptors (Lipinski definition) is 2. The summed E-state index contributed by atoms with van der Waals surface area (Å²) in [5.74, 6) is 2.20. The van der Waals surface area contributed by atoms with Crippen LogP contribution in [0.2, 0.25) is 0 Å². The van der Waals surface area contributed by atoms with Gasteiger partial charge in [0, 0.05) is 12.6 Å². The van der Waals surface area contributed by atoms with Gasteiger partial charge >= 0.3 is 0 Å². The zero-order valence-corrected chi connectivity index (χ0v) is 11.3. The molecule has 0 saturated heterocycles. The molecule has 3 atom stereocenters. The van der Waals surface area contributed by atoms with Crippen LogP contribution in [0.15, 0.2) is 0 Å². The zero-order chi connectivity index (χ0) is 12.1. The standard InChI is InChI=1S/C15H29NO/c1-12(13-6-3-2-4-7-13)16-10-14-8-5-9-15(14)11-17/h12-17H,2-11H2,1H3. The lowest BCUT2D eigenvalue weighted by Crippen LogP contribution is -2.38. The van der Waals surface area contributed by atoms with Gasteiger partial charge in [-0.05, 0) is 56.9 Å².